The molecule has 3 rings (SSSR count). The van der Waals surface area contributed by atoms with Gasteiger partial charge in [0.15, 0.2) is 5.78 Å². The van der Waals surface area contributed by atoms with Crippen molar-refractivity contribution in [3.63, 3.8) is 0 Å². The molecule has 0 heterocycles. The van der Waals surface area contributed by atoms with E-state index in [-0.39, 0.29) is 29.6 Å². The van der Waals surface area contributed by atoms with Gasteiger partial charge in [0.2, 0.25) is 15.9 Å². The Bertz CT molecular complexity index is 1190. The number of nitrogens with zero attached hydrogens (tertiary/aromatic N) is 1. The topological polar surface area (TPSA) is 92.8 Å². The monoisotopic (exact) mass is 466 g/mol. The summed E-state index contributed by atoms with van der Waals surface area (Å²) in [5.74, 6) is 1.05. The number of carbonyl (C=O) groups excluding carboxylic acids is 2. The Morgan fingerprint density at radius 3 is 2.09 bits per heavy atom. The van der Waals surface area contributed by atoms with Gasteiger partial charge >= 0.3 is 0 Å². The predicted octanol–water partition coefficient (Wildman–Crippen LogP) is 4.72. The van der Waals surface area contributed by atoms with E-state index in [4.69, 9.17) is 4.74 Å². The predicted molar refractivity (Wildman–Crippen MR) is 127 cm³/mol. The summed E-state index contributed by atoms with van der Waals surface area (Å²) >= 11 is 0. The number of Topliss-reactive ketones (excluding diaryl/α,β-unsaturated/α-hetero) is 1. The third kappa shape index (κ3) is 6.74. The van der Waals surface area contributed by atoms with Gasteiger partial charge in [0, 0.05) is 31.3 Å². The van der Waals surface area contributed by atoms with E-state index in [9.17, 15) is 18.0 Å². The molecule has 3 aromatic carbocycles. The third-order valence-electron chi connectivity index (χ3n) is 4.96. The van der Waals surface area contributed by atoms with Crippen LogP contribution in [0.15, 0.2) is 83.8 Å². The Hall–Kier alpha value is -3.49. The van der Waals surface area contributed by atoms with Crippen LogP contribution in [0.25, 0.3) is 0 Å². The second-order valence-corrected chi connectivity index (χ2v) is 9.54. The summed E-state index contributed by atoms with van der Waals surface area (Å²) in [6, 6.07) is 22.2. The van der Waals surface area contributed by atoms with Gasteiger partial charge < -0.3 is 10.1 Å². The number of sulfonamides is 1. The van der Waals surface area contributed by atoms with Crippen molar-refractivity contribution in [2.45, 2.75) is 24.7 Å². The lowest BCUT2D eigenvalue weighted by Gasteiger charge is -2.17. The molecule has 0 aliphatic rings. The molecule has 0 fully saturated rings. The first-order chi connectivity index (χ1) is 15.8. The minimum atomic E-state index is -3.69. The van der Waals surface area contributed by atoms with E-state index < -0.39 is 10.0 Å². The number of anilines is 1. The van der Waals surface area contributed by atoms with Crippen LogP contribution in [0.4, 0.5) is 5.69 Å². The molecule has 0 spiro atoms. The molecule has 3 aromatic rings. The highest BCUT2D eigenvalue weighted by molar-refractivity contribution is 7.89. The number of carbonyl (C=O) groups is 2. The summed E-state index contributed by atoms with van der Waals surface area (Å²) in [6.45, 7) is 1.61. The smallest absolute Gasteiger partial charge is 0.242 e. The highest BCUT2D eigenvalue weighted by Crippen LogP contribution is 2.23. The van der Waals surface area contributed by atoms with E-state index in [0.717, 1.165) is 5.75 Å². The molecule has 0 unspecified atom stereocenters. The zero-order valence-corrected chi connectivity index (χ0v) is 19.3. The molecule has 1 N–H and O–H groups in total. The fourth-order valence-electron chi connectivity index (χ4n) is 3.08. The second kappa shape index (κ2) is 10.9. The maximum absolute atomic E-state index is 12.7. The molecule has 0 saturated carbocycles. The van der Waals surface area contributed by atoms with Gasteiger partial charge in [-0.1, -0.05) is 30.3 Å². The Labute approximate surface area is 194 Å². The van der Waals surface area contributed by atoms with Crippen molar-refractivity contribution >= 4 is 27.4 Å². The molecular formula is C25H26N2O5S. The molecule has 7 nitrogen and oxygen atoms in total. The standard InChI is InChI=1S/C25H26N2O5S/c1-19(28)20-10-16-24(17-11-20)33(30,31)27(2)18-6-9-25(29)26-21-12-14-23(15-13-21)32-22-7-4-3-5-8-22/h3-5,7-8,10-17H,6,9,18H2,1-2H3,(H,26,29). The normalized spacial score (nSPS) is 11.2. The maximum atomic E-state index is 12.7. The van der Waals surface area contributed by atoms with E-state index in [1.54, 1.807) is 24.3 Å². The molecule has 0 radical (unpaired) electrons. The molecule has 0 aliphatic carbocycles. The van der Waals surface area contributed by atoms with Crippen LogP contribution in [0.5, 0.6) is 11.5 Å². The van der Waals surface area contributed by atoms with Gasteiger partial charge in [0.1, 0.15) is 11.5 Å². The van der Waals surface area contributed by atoms with Crippen LogP contribution in [0, 0.1) is 0 Å². The largest absolute Gasteiger partial charge is 0.457 e. The summed E-state index contributed by atoms with van der Waals surface area (Å²) in [4.78, 5) is 23.7. The lowest BCUT2D eigenvalue weighted by atomic mass is 10.2. The van der Waals surface area contributed by atoms with Gasteiger partial charge in [-0.25, -0.2) is 12.7 Å². The third-order valence-corrected chi connectivity index (χ3v) is 6.83. The number of para-hydroxylation sites is 1. The van der Waals surface area contributed by atoms with Crippen molar-refractivity contribution in [3.8, 4) is 11.5 Å². The van der Waals surface area contributed by atoms with Crippen LogP contribution < -0.4 is 10.1 Å². The van der Waals surface area contributed by atoms with Crippen molar-refractivity contribution < 1.29 is 22.7 Å². The summed E-state index contributed by atoms with van der Waals surface area (Å²) in [6.07, 6.45) is 0.535. The number of ether oxygens (including phenoxy) is 1. The second-order valence-electron chi connectivity index (χ2n) is 7.50. The van der Waals surface area contributed by atoms with Gasteiger partial charge in [0.05, 0.1) is 4.90 Å². The molecular weight excluding hydrogens is 440 g/mol. The summed E-state index contributed by atoms with van der Waals surface area (Å²) in [5.41, 5.74) is 1.08. The number of nitrogens with one attached hydrogen (secondary N) is 1. The van der Waals surface area contributed by atoms with Crippen LogP contribution in [0.1, 0.15) is 30.1 Å². The fourth-order valence-corrected chi connectivity index (χ4v) is 4.29. The van der Waals surface area contributed by atoms with Gasteiger partial charge in [0.25, 0.3) is 0 Å². The fraction of sp³-hybridized carbons (Fsp3) is 0.200. The van der Waals surface area contributed by atoms with Crippen molar-refractivity contribution in [1.82, 2.24) is 4.31 Å². The lowest BCUT2D eigenvalue weighted by molar-refractivity contribution is -0.116. The lowest BCUT2D eigenvalue weighted by Crippen LogP contribution is -2.28. The minimum absolute atomic E-state index is 0.109. The molecule has 1 amide bonds. The first-order valence-corrected chi connectivity index (χ1v) is 11.9. The number of hydrogen-bond donors (Lipinski definition) is 1. The SMILES string of the molecule is CC(=O)c1ccc(S(=O)(=O)N(C)CCCC(=O)Nc2ccc(Oc3ccccc3)cc2)cc1. The molecule has 0 aromatic heterocycles. The summed E-state index contributed by atoms with van der Waals surface area (Å²) in [7, 11) is -2.22. The van der Waals surface area contributed by atoms with Gasteiger partial charge in [-0.15, -0.1) is 0 Å². The minimum Gasteiger partial charge on any atom is -0.457 e. The average Bonchev–Trinajstić information content (AvgIpc) is 2.81. The van der Waals surface area contributed by atoms with Crippen LogP contribution in [-0.4, -0.2) is 38.0 Å². The number of hydrogen-bond acceptors (Lipinski definition) is 5. The van der Waals surface area contributed by atoms with Crippen LogP contribution in [0.3, 0.4) is 0 Å². The number of rotatable bonds is 10. The number of benzene rings is 3. The van der Waals surface area contributed by atoms with Crippen molar-refractivity contribution in [3.05, 3.63) is 84.4 Å². The van der Waals surface area contributed by atoms with Gasteiger partial charge in [-0.3, -0.25) is 9.59 Å². The van der Waals surface area contributed by atoms with E-state index in [1.165, 1.54) is 42.5 Å². The van der Waals surface area contributed by atoms with Gasteiger partial charge in [-0.2, -0.15) is 0 Å². The van der Waals surface area contributed by atoms with E-state index in [0.29, 0.717) is 23.4 Å². The Morgan fingerprint density at radius 2 is 1.48 bits per heavy atom. The molecule has 0 bridgehead atoms. The van der Waals surface area contributed by atoms with Crippen LogP contribution in [-0.2, 0) is 14.8 Å². The van der Waals surface area contributed by atoms with Crippen LogP contribution >= 0.6 is 0 Å². The van der Waals surface area contributed by atoms with Crippen molar-refractivity contribution in [2.24, 2.45) is 0 Å². The quantitative estimate of drug-likeness (QED) is 0.437. The van der Waals surface area contributed by atoms with Crippen molar-refractivity contribution in [2.75, 3.05) is 18.9 Å². The average molecular weight is 467 g/mol. The van der Waals surface area contributed by atoms with E-state index in [2.05, 4.69) is 5.32 Å². The number of ketones is 1. The maximum Gasteiger partial charge on any atom is 0.242 e. The Morgan fingerprint density at radius 1 is 0.879 bits per heavy atom. The Kier molecular flexibility index (Phi) is 7.97. The molecule has 0 aliphatic heterocycles. The molecule has 0 atom stereocenters. The van der Waals surface area contributed by atoms with Crippen molar-refractivity contribution in [1.29, 1.82) is 0 Å². The zero-order chi connectivity index (χ0) is 23.8. The number of amides is 1. The molecule has 8 heteroatoms. The van der Waals surface area contributed by atoms with E-state index >= 15 is 0 Å². The molecule has 0 saturated heterocycles. The van der Waals surface area contributed by atoms with Crippen LogP contribution in [0.2, 0.25) is 0 Å². The molecule has 172 valence electrons. The highest BCUT2D eigenvalue weighted by Gasteiger charge is 2.20. The summed E-state index contributed by atoms with van der Waals surface area (Å²) < 4.78 is 32.3. The first-order valence-electron chi connectivity index (χ1n) is 10.5. The Balaban J connectivity index is 1.47. The first kappa shape index (κ1) is 24.2. The molecule has 33 heavy (non-hydrogen) atoms. The van der Waals surface area contributed by atoms with Gasteiger partial charge in [-0.05, 0) is 61.9 Å². The summed E-state index contributed by atoms with van der Waals surface area (Å²) in [5, 5.41) is 2.80. The zero-order valence-electron chi connectivity index (χ0n) is 18.5. The van der Waals surface area contributed by atoms with E-state index in [1.807, 2.05) is 30.3 Å². The highest BCUT2D eigenvalue weighted by atomic mass is 32.2.